The maximum absolute atomic E-state index is 13.7. The number of benzene rings is 3. The molecule has 1 aliphatic rings. The van der Waals surface area contributed by atoms with Crippen molar-refractivity contribution in [2.24, 2.45) is 0 Å². The van der Waals surface area contributed by atoms with Crippen LogP contribution in [0.2, 0.25) is 0 Å². The van der Waals surface area contributed by atoms with Crippen molar-refractivity contribution >= 4 is 5.69 Å². The van der Waals surface area contributed by atoms with Gasteiger partial charge in [0.2, 0.25) is 0 Å². The molecule has 167 valence electrons. The van der Waals surface area contributed by atoms with E-state index in [0.29, 0.717) is 24.3 Å². The van der Waals surface area contributed by atoms with Crippen molar-refractivity contribution < 1.29 is 13.2 Å². The molecular formula is C27H28F3N2. The van der Waals surface area contributed by atoms with Gasteiger partial charge < -0.3 is 4.90 Å². The fraction of sp³-hybridized carbons (Fsp3) is 0.333. The summed E-state index contributed by atoms with van der Waals surface area (Å²) >= 11 is 0. The van der Waals surface area contributed by atoms with Crippen LogP contribution in [0.3, 0.4) is 0 Å². The Morgan fingerprint density at radius 3 is 1.75 bits per heavy atom. The zero-order valence-corrected chi connectivity index (χ0v) is 18.7. The standard InChI is InChI=1S/C27H28F3N2/c1-26(2,3)32-15-13-31(14-16-32)25-18-23(17-24(19-25)27(28,29)30)22-11-9-21(10-12-22)20-7-5-4-6-8-20/h5-12,17-19H,13-16H2,1-3H3. The first-order chi connectivity index (χ1) is 15.1. The monoisotopic (exact) mass is 437 g/mol. The molecule has 0 unspecified atom stereocenters. The molecule has 0 N–H and O–H groups in total. The highest BCUT2D eigenvalue weighted by Crippen LogP contribution is 2.37. The molecule has 0 saturated carbocycles. The fourth-order valence-corrected chi connectivity index (χ4v) is 4.19. The average Bonchev–Trinajstić information content (AvgIpc) is 2.78. The van der Waals surface area contributed by atoms with Crippen LogP contribution >= 0.6 is 0 Å². The zero-order valence-electron chi connectivity index (χ0n) is 18.7. The highest BCUT2D eigenvalue weighted by atomic mass is 19.4. The summed E-state index contributed by atoms with van der Waals surface area (Å²) in [5.74, 6) is 0. The van der Waals surface area contributed by atoms with Gasteiger partial charge in [-0.3, -0.25) is 4.90 Å². The lowest BCUT2D eigenvalue weighted by Gasteiger charge is -2.43. The summed E-state index contributed by atoms with van der Waals surface area (Å²) in [4.78, 5) is 4.44. The molecule has 0 spiro atoms. The molecule has 3 aromatic rings. The second-order valence-electron chi connectivity index (χ2n) is 9.28. The first kappa shape index (κ1) is 22.4. The molecule has 3 aromatic carbocycles. The Balaban J connectivity index is 1.64. The Morgan fingerprint density at radius 2 is 1.22 bits per heavy atom. The van der Waals surface area contributed by atoms with Crippen LogP contribution in [0.5, 0.6) is 0 Å². The van der Waals surface area contributed by atoms with Crippen molar-refractivity contribution in [2.75, 3.05) is 31.1 Å². The minimum absolute atomic E-state index is 0.0591. The summed E-state index contributed by atoms with van der Waals surface area (Å²) in [7, 11) is 0. The van der Waals surface area contributed by atoms with Gasteiger partial charge in [-0.15, -0.1) is 0 Å². The van der Waals surface area contributed by atoms with E-state index in [1.807, 2.05) is 54.6 Å². The lowest BCUT2D eigenvalue weighted by molar-refractivity contribution is -0.137. The molecule has 1 fully saturated rings. The number of hydrogen-bond donors (Lipinski definition) is 0. The molecule has 5 heteroatoms. The SMILES string of the molecule is CC(C)(C)N1CCN(c2cc(-c3ccc(-c4cc[c]cc4)cc3)cc(C(F)(F)F)c2)CC1. The van der Waals surface area contributed by atoms with Crippen molar-refractivity contribution in [3.8, 4) is 22.3 Å². The minimum Gasteiger partial charge on any atom is -0.369 e. The first-order valence-corrected chi connectivity index (χ1v) is 10.9. The summed E-state index contributed by atoms with van der Waals surface area (Å²) in [6.07, 6.45) is -4.39. The molecule has 0 bridgehead atoms. The fourth-order valence-electron chi connectivity index (χ4n) is 4.19. The number of nitrogens with zero attached hydrogens (tertiary/aromatic N) is 2. The van der Waals surface area contributed by atoms with E-state index in [0.717, 1.165) is 29.8 Å². The number of halogens is 3. The van der Waals surface area contributed by atoms with Gasteiger partial charge in [-0.05, 0) is 67.3 Å². The van der Waals surface area contributed by atoms with Crippen LogP contribution < -0.4 is 4.90 Å². The first-order valence-electron chi connectivity index (χ1n) is 10.9. The Labute approximate surface area is 188 Å². The Kier molecular flexibility index (Phi) is 6.04. The molecule has 0 aliphatic carbocycles. The van der Waals surface area contributed by atoms with E-state index in [2.05, 4.69) is 36.6 Å². The number of piperazine rings is 1. The molecule has 0 atom stereocenters. The molecule has 1 saturated heterocycles. The largest absolute Gasteiger partial charge is 0.416 e. The van der Waals surface area contributed by atoms with Gasteiger partial charge in [0.05, 0.1) is 5.56 Å². The second-order valence-corrected chi connectivity index (χ2v) is 9.28. The third kappa shape index (κ3) is 4.99. The summed E-state index contributed by atoms with van der Waals surface area (Å²) in [6.45, 7) is 9.59. The third-order valence-electron chi connectivity index (χ3n) is 6.11. The molecular weight excluding hydrogens is 409 g/mol. The van der Waals surface area contributed by atoms with Crippen LogP contribution in [0.15, 0.2) is 66.7 Å². The predicted octanol–water partition coefficient (Wildman–Crippen LogP) is 6.76. The number of hydrogen-bond acceptors (Lipinski definition) is 2. The lowest BCUT2D eigenvalue weighted by Crippen LogP contribution is -2.53. The highest BCUT2D eigenvalue weighted by Gasteiger charge is 2.32. The van der Waals surface area contributed by atoms with Gasteiger partial charge in [-0.1, -0.05) is 48.5 Å². The lowest BCUT2D eigenvalue weighted by atomic mass is 9.98. The van der Waals surface area contributed by atoms with Crippen LogP contribution in [0.4, 0.5) is 18.9 Å². The van der Waals surface area contributed by atoms with E-state index in [1.54, 1.807) is 0 Å². The predicted molar refractivity (Wildman–Crippen MR) is 125 cm³/mol. The smallest absolute Gasteiger partial charge is 0.369 e. The summed E-state index contributed by atoms with van der Waals surface area (Å²) in [6, 6.07) is 22.7. The molecule has 1 aliphatic heterocycles. The van der Waals surface area contributed by atoms with E-state index in [9.17, 15) is 13.2 Å². The molecule has 2 nitrogen and oxygen atoms in total. The Morgan fingerprint density at radius 1 is 0.688 bits per heavy atom. The Bertz CT molecular complexity index is 1040. The van der Waals surface area contributed by atoms with E-state index in [4.69, 9.17) is 0 Å². The normalized spacial score (nSPS) is 15.8. The molecule has 1 heterocycles. The highest BCUT2D eigenvalue weighted by molar-refractivity contribution is 5.73. The van der Waals surface area contributed by atoms with E-state index in [-0.39, 0.29) is 5.54 Å². The van der Waals surface area contributed by atoms with Crippen LogP contribution in [-0.4, -0.2) is 36.6 Å². The third-order valence-corrected chi connectivity index (χ3v) is 6.11. The second kappa shape index (κ2) is 8.62. The van der Waals surface area contributed by atoms with Gasteiger partial charge in [-0.2, -0.15) is 13.2 Å². The van der Waals surface area contributed by atoms with Gasteiger partial charge in [0.1, 0.15) is 0 Å². The van der Waals surface area contributed by atoms with Crippen molar-refractivity contribution in [1.82, 2.24) is 4.90 Å². The maximum atomic E-state index is 13.7. The van der Waals surface area contributed by atoms with Crippen LogP contribution in [0, 0.1) is 6.07 Å². The number of anilines is 1. The molecule has 0 amide bonds. The molecule has 32 heavy (non-hydrogen) atoms. The van der Waals surface area contributed by atoms with Crippen LogP contribution in [0.1, 0.15) is 26.3 Å². The quantitative estimate of drug-likeness (QED) is 0.447. The summed E-state index contributed by atoms with van der Waals surface area (Å²) < 4.78 is 41.1. The number of rotatable bonds is 3. The van der Waals surface area contributed by atoms with Gasteiger partial charge in [0, 0.05) is 37.4 Å². The average molecular weight is 438 g/mol. The summed E-state index contributed by atoms with van der Waals surface area (Å²) in [5, 5.41) is 0. The van der Waals surface area contributed by atoms with Crippen molar-refractivity contribution in [1.29, 1.82) is 0 Å². The van der Waals surface area contributed by atoms with Crippen LogP contribution in [0.25, 0.3) is 22.3 Å². The van der Waals surface area contributed by atoms with Gasteiger partial charge in [0.25, 0.3) is 0 Å². The molecule has 4 rings (SSSR count). The zero-order chi connectivity index (χ0) is 22.9. The van der Waals surface area contributed by atoms with Gasteiger partial charge >= 0.3 is 6.18 Å². The van der Waals surface area contributed by atoms with E-state index >= 15 is 0 Å². The van der Waals surface area contributed by atoms with Crippen molar-refractivity contribution in [3.63, 3.8) is 0 Å². The maximum Gasteiger partial charge on any atom is 0.416 e. The van der Waals surface area contributed by atoms with Gasteiger partial charge in [0.15, 0.2) is 0 Å². The van der Waals surface area contributed by atoms with E-state index in [1.165, 1.54) is 12.1 Å². The van der Waals surface area contributed by atoms with E-state index < -0.39 is 11.7 Å². The van der Waals surface area contributed by atoms with Crippen LogP contribution in [-0.2, 0) is 6.18 Å². The summed E-state index contributed by atoms with van der Waals surface area (Å²) in [5.41, 5.74) is 3.52. The molecule has 0 aromatic heterocycles. The van der Waals surface area contributed by atoms with Crippen molar-refractivity contribution in [3.05, 3.63) is 78.4 Å². The minimum atomic E-state index is -4.39. The molecule has 1 radical (unpaired) electrons. The Hall–Kier alpha value is -2.79. The topological polar surface area (TPSA) is 6.48 Å². The number of alkyl halides is 3. The van der Waals surface area contributed by atoms with Gasteiger partial charge in [-0.25, -0.2) is 0 Å². The van der Waals surface area contributed by atoms with Crippen molar-refractivity contribution in [2.45, 2.75) is 32.5 Å².